The van der Waals surface area contributed by atoms with E-state index in [1.54, 1.807) is 59.3 Å². The van der Waals surface area contributed by atoms with Gasteiger partial charge in [-0.2, -0.15) is 0 Å². The number of nitrogens with one attached hydrogen (secondary N) is 1. The van der Waals surface area contributed by atoms with E-state index in [0.29, 0.717) is 18.0 Å². The van der Waals surface area contributed by atoms with Crippen molar-refractivity contribution in [2.75, 3.05) is 20.8 Å². The van der Waals surface area contributed by atoms with Crippen molar-refractivity contribution in [1.29, 1.82) is 0 Å². The third-order valence-electron chi connectivity index (χ3n) is 7.92. The molecule has 2 aliphatic heterocycles. The fourth-order valence-electron chi connectivity index (χ4n) is 5.89. The second-order valence-electron chi connectivity index (χ2n) is 10.6. The van der Waals surface area contributed by atoms with Crippen molar-refractivity contribution in [3.05, 3.63) is 89.5 Å². The van der Waals surface area contributed by atoms with E-state index < -0.39 is 12.2 Å². The molecule has 2 N–H and O–H groups in total. The lowest BCUT2D eigenvalue weighted by molar-refractivity contribution is -0.170. The molecule has 10 nitrogen and oxygen atoms in total. The quantitative estimate of drug-likeness (QED) is 0.427. The molecular formula is C32H36N4O6. The summed E-state index contributed by atoms with van der Waals surface area (Å²) in [6.07, 6.45) is -0.326. The van der Waals surface area contributed by atoms with E-state index in [1.165, 1.54) is 0 Å². The van der Waals surface area contributed by atoms with Crippen molar-refractivity contribution in [3.63, 3.8) is 0 Å². The Morgan fingerprint density at radius 3 is 2.38 bits per heavy atom. The molecule has 3 aromatic carbocycles. The number of methoxy groups -OCH3 is 2. The Morgan fingerprint density at radius 1 is 0.952 bits per heavy atom. The van der Waals surface area contributed by atoms with E-state index in [2.05, 4.69) is 5.32 Å². The van der Waals surface area contributed by atoms with Gasteiger partial charge in [0.15, 0.2) is 11.5 Å². The number of amides is 4. The summed E-state index contributed by atoms with van der Waals surface area (Å²) < 4.78 is 11.1. The second-order valence-corrected chi connectivity index (χ2v) is 10.6. The first-order valence-electron chi connectivity index (χ1n) is 14.0. The molecule has 0 radical (unpaired) electrons. The first-order valence-corrected chi connectivity index (χ1v) is 14.0. The molecule has 3 aromatic rings. The summed E-state index contributed by atoms with van der Waals surface area (Å²) in [5, 5.41) is 12.8. The van der Waals surface area contributed by atoms with Crippen LogP contribution in [0.4, 0.5) is 4.79 Å². The molecule has 0 unspecified atom stereocenters. The zero-order chi connectivity index (χ0) is 29.8. The Morgan fingerprint density at radius 2 is 1.69 bits per heavy atom. The molecule has 0 aromatic heterocycles. The predicted molar refractivity (Wildman–Crippen MR) is 156 cm³/mol. The fourth-order valence-corrected chi connectivity index (χ4v) is 5.89. The van der Waals surface area contributed by atoms with Crippen molar-refractivity contribution in [1.82, 2.24) is 20.0 Å². The smallest absolute Gasteiger partial charge is 0.319 e. The molecule has 0 spiro atoms. The highest BCUT2D eigenvalue weighted by atomic mass is 16.5. The van der Waals surface area contributed by atoms with Crippen LogP contribution >= 0.6 is 0 Å². The summed E-state index contributed by atoms with van der Waals surface area (Å²) in [6.45, 7) is 2.54. The lowest BCUT2D eigenvalue weighted by Crippen LogP contribution is -2.73. The molecule has 5 rings (SSSR count). The number of hydrogen-bond acceptors (Lipinski definition) is 6. The first kappa shape index (κ1) is 28.8. The SMILES string of the molecule is COc1cccc(CN2C[C@@H]3N(C(=O)NCc4ccccc4)[C@H](C)CC(=O)N3[C@@H](Cc3ccc(O)cc3)C2=O)c1OC. The van der Waals surface area contributed by atoms with Crippen LogP contribution in [0.3, 0.4) is 0 Å². The lowest BCUT2D eigenvalue weighted by Gasteiger charge is -2.54. The number of carbonyl (C=O) groups excluding carboxylic acids is 3. The second kappa shape index (κ2) is 12.4. The van der Waals surface area contributed by atoms with Crippen LogP contribution < -0.4 is 14.8 Å². The summed E-state index contributed by atoms with van der Waals surface area (Å²) in [6, 6.07) is 20.2. The average molecular weight is 573 g/mol. The number of para-hydroxylation sites is 1. The summed E-state index contributed by atoms with van der Waals surface area (Å²) >= 11 is 0. The molecule has 2 heterocycles. The van der Waals surface area contributed by atoms with Crippen LogP contribution in [-0.4, -0.2) is 76.7 Å². The molecule has 2 aliphatic rings. The Balaban J connectivity index is 1.49. The highest BCUT2D eigenvalue weighted by Gasteiger charge is 2.50. The number of phenolic OH excluding ortho intramolecular Hbond substituents is 1. The van der Waals surface area contributed by atoms with E-state index >= 15 is 0 Å². The van der Waals surface area contributed by atoms with E-state index in [4.69, 9.17) is 9.47 Å². The maximum absolute atomic E-state index is 14.1. The van der Waals surface area contributed by atoms with E-state index in [9.17, 15) is 19.5 Å². The summed E-state index contributed by atoms with van der Waals surface area (Å²) in [5.74, 6) is 0.788. The van der Waals surface area contributed by atoms with Crippen LogP contribution in [0, 0.1) is 0 Å². The van der Waals surface area contributed by atoms with Gasteiger partial charge in [-0.05, 0) is 36.2 Å². The first-order chi connectivity index (χ1) is 20.3. The van der Waals surface area contributed by atoms with Gasteiger partial charge in [-0.25, -0.2) is 4.79 Å². The number of nitrogens with zero attached hydrogens (tertiary/aromatic N) is 3. The van der Waals surface area contributed by atoms with Gasteiger partial charge in [0.05, 0.1) is 20.8 Å². The summed E-state index contributed by atoms with van der Waals surface area (Å²) in [7, 11) is 3.11. The zero-order valence-corrected chi connectivity index (χ0v) is 24.0. The third kappa shape index (κ3) is 5.83. The van der Waals surface area contributed by atoms with Crippen molar-refractivity contribution in [3.8, 4) is 17.2 Å². The van der Waals surface area contributed by atoms with Gasteiger partial charge in [0.1, 0.15) is 18.0 Å². The molecule has 220 valence electrons. The summed E-state index contributed by atoms with van der Waals surface area (Å²) in [5.41, 5.74) is 2.49. The van der Waals surface area contributed by atoms with Crippen LogP contribution in [0.2, 0.25) is 0 Å². The minimum atomic E-state index is -0.839. The number of rotatable bonds is 8. The van der Waals surface area contributed by atoms with Crippen LogP contribution in [0.15, 0.2) is 72.8 Å². The Bertz CT molecular complexity index is 1430. The van der Waals surface area contributed by atoms with Crippen molar-refractivity contribution in [2.45, 2.75) is 51.1 Å². The third-order valence-corrected chi connectivity index (χ3v) is 7.92. The molecule has 2 saturated heterocycles. The monoisotopic (exact) mass is 572 g/mol. The average Bonchev–Trinajstić information content (AvgIpc) is 2.99. The molecular weight excluding hydrogens is 536 g/mol. The minimum absolute atomic E-state index is 0.109. The van der Waals surface area contributed by atoms with E-state index in [1.807, 2.05) is 49.4 Å². The molecule has 0 bridgehead atoms. The van der Waals surface area contributed by atoms with Crippen molar-refractivity contribution in [2.24, 2.45) is 0 Å². The van der Waals surface area contributed by atoms with Crippen LogP contribution in [0.5, 0.6) is 17.2 Å². The Labute approximate surface area is 245 Å². The molecule has 0 aliphatic carbocycles. The number of fused-ring (bicyclic) bond motifs is 1. The zero-order valence-electron chi connectivity index (χ0n) is 24.0. The number of hydrogen-bond donors (Lipinski definition) is 2. The molecule has 42 heavy (non-hydrogen) atoms. The van der Waals surface area contributed by atoms with Gasteiger partial charge >= 0.3 is 6.03 Å². The largest absolute Gasteiger partial charge is 0.508 e. The van der Waals surface area contributed by atoms with Gasteiger partial charge in [-0.3, -0.25) is 14.5 Å². The maximum atomic E-state index is 14.1. The predicted octanol–water partition coefficient (Wildman–Crippen LogP) is 3.52. The van der Waals surface area contributed by atoms with Crippen molar-refractivity contribution < 1.29 is 29.0 Å². The summed E-state index contributed by atoms with van der Waals surface area (Å²) in [4.78, 5) is 46.3. The molecule has 3 atom stereocenters. The van der Waals surface area contributed by atoms with Gasteiger partial charge < -0.3 is 29.7 Å². The minimum Gasteiger partial charge on any atom is -0.508 e. The van der Waals surface area contributed by atoms with Crippen LogP contribution in [0.1, 0.15) is 30.0 Å². The highest BCUT2D eigenvalue weighted by molar-refractivity contribution is 5.91. The fraction of sp³-hybridized carbons (Fsp3) is 0.344. The number of phenols is 1. The molecule has 0 saturated carbocycles. The Hall–Kier alpha value is -4.73. The molecule has 2 fully saturated rings. The van der Waals surface area contributed by atoms with E-state index in [0.717, 1.165) is 16.7 Å². The van der Waals surface area contributed by atoms with Gasteiger partial charge in [0.2, 0.25) is 11.8 Å². The van der Waals surface area contributed by atoms with Gasteiger partial charge in [-0.15, -0.1) is 0 Å². The molecule has 10 heteroatoms. The van der Waals surface area contributed by atoms with Crippen molar-refractivity contribution >= 4 is 17.8 Å². The molecule has 4 amide bonds. The maximum Gasteiger partial charge on any atom is 0.319 e. The topological polar surface area (TPSA) is 112 Å². The normalized spacial score (nSPS) is 20.3. The standard InChI is InChI=1S/C32H36N4O6/c1-21-16-29(38)36-26(17-22-12-14-25(37)15-13-22)31(39)34(19-24-10-7-11-27(41-2)30(24)42-3)20-28(36)35(21)32(40)33-18-23-8-5-4-6-9-23/h4-15,21,26,28,37H,16-20H2,1-3H3,(H,33,40)/t21-,26+,28-/m1/s1. The number of urea groups is 1. The number of benzene rings is 3. The highest BCUT2D eigenvalue weighted by Crippen LogP contribution is 2.35. The van der Waals surface area contributed by atoms with Crippen LogP contribution in [-0.2, 0) is 29.1 Å². The lowest BCUT2D eigenvalue weighted by atomic mass is 9.95. The van der Waals surface area contributed by atoms with E-state index in [-0.39, 0.29) is 55.6 Å². The van der Waals surface area contributed by atoms with Gasteiger partial charge in [-0.1, -0.05) is 54.6 Å². The number of ether oxygens (including phenoxy) is 2. The number of aromatic hydroxyl groups is 1. The van der Waals surface area contributed by atoms with Gasteiger partial charge in [0, 0.05) is 37.5 Å². The number of carbonyl (C=O) groups is 3. The number of piperazine rings is 1. The Kier molecular flexibility index (Phi) is 8.51. The van der Waals surface area contributed by atoms with Gasteiger partial charge in [0.25, 0.3) is 0 Å². The van der Waals surface area contributed by atoms with Crippen LogP contribution in [0.25, 0.3) is 0 Å².